The molecule has 0 spiro atoms. The van der Waals surface area contributed by atoms with Gasteiger partial charge in [0.05, 0.1) is 0 Å². The molecular weight excluding hydrogens is 160 g/mol. The predicted molar refractivity (Wildman–Crippen MR) is 54.7 cm³/mol. The van der Waals surface area contributed by atoms with Crippen LogP contribution in [-0.4, -0.2) is 6.29 Å². The molecule has 68 valence electrons. The molecule has 0 aliphatic rings. The lowest BCUT2D eigenvalue weighted by molar-refractivity contribution is -0.104. The Morgan fingerprint density at radius 2 is 2.00 bits per heavy atom. The molecule has 1 rings (SSSR count). The van der Waals surface area contributed by atoms with Crippen LogP contribution in [-0.2, 0) is 4.79 Å². The standard InChI is InChI=1S/C12H14O/c1-2-11(9-6-10-13)12-7-4-3-5-8-12/h3-11H,2H2,1H3/b9-6+/t11-/m1/s1. The van der Waals surface area contributed by atoms with Gasteiger partial charge < -0.3 is 0 Å². The minimum atomic E-state index is 0.367. The maximum atomic E-state index is 10.2. The summed E-state index contributed by atoms with van der Waals surface area (Å²) in [6.45, 7) is 2.12. The van der Waals surface area contributed by atoms with Crippen LogP contribution >= 0.6 is 0 Å². The molecular formula is C12H14O. The van der Waals surface area contributed by atoms with Crippen molar-refractivity contribution in [2.45, 2.75) is 19.3 Å². The van der Waals surface area contributed by atoms with Crippen LogP contribution in [0.1, 0.15) is 24.8 Å². The Bertz CT molecular complexity index is 274. The van der Waals surface area contributed by atoms with Crippen molar-refractivity contribution in [2.75, 3.05) is 0 Å². The number of rotatable bonds is 4. The number of hydrogen-bond donors (Lipinski definition) is 0. The van der Waals surface area contributed by atoms with Gasteiger partial charge in [-0.2, -0.15) is 0 Å². The van der Waals surface area contributed by atoms with Crippen LogP contribution in [0.15, 0.2) is 42.5 Å². The smallest absolute Gasteiger partial charge is 0.142 e. The first kappa shape index (κ1) is 9.72. The molecule has 0 aliphatic heterocycles. The Morgan fingerprint density at radius 3 is 2.54 bits per heavy atom. The summed E-state index contributed by atoms with van der Waals surface area (Å²) in [7, 11) is 0. The van der Waals surface area contributed by atoms with Crippen molar-refractivity contribution < 1.29 is 4.79 Å². The molecule has 0 saturated carbocycles. The van der Waals surface area contributed by atoms with Crippen LogP contribution in [0.5, 0.6) is 0 Å². The highest BCUT2D eigenvalue weighted by Gasteiger charge is 2.02. The van der Waals surface area contributed by atoms with Crippen molar-refractivity contribution in [2.24, 2.45) is 0 Å². The molecule has 1 aromatic rings. The van der Waals surface area contributed by atoms with Crippen molar-refractivity contribution in [3.63, 3.8) is 0 Å². The summed E-state index contributed by atoms with van der Waals surface area (Å²) in [5, 5.41) is 0. The molecule has 0 unspecified atom stereocenters. The third kappa shape index (κ3) is 2.86. The topological polar surface area (TPSA) is 17.1 Å². The number of carbonyl (C=O) groups is 1. The Morgan fingerprint density at radius 1 is 1.31 bits per heavy atom. The zero-order valence-electron chi connectivity index (χ0n) is 7.81. The second-order valence-electron chi connectivity index (χ2n) is 2.95. The number of carbonyl (C=O) groups excluding carboxylic acids is 1. The first-order valence-electron chi connectivity index (χ1n) is 4.55. The predicted octanol–water partition coefficient (Wildman–Crippen LogP) is 2.94. The molecule has 0 amide bonds. The van der Waals surface area contributed by atoms with E-state index in [4.69, 9.17) is 0 Å². The number of aldehydes is 1. The monoisotopic (exact) mass is 174 g/mol. The lowest BCUT2D eigenvalue weighted by Crippen LogP contribution is -1.92. The van der Waals surface area contributed by atoms with E-state index in [9.17, 15) is 4.79 Å². The summed E-state index contributed by atoms with van der Waals surface area (Å²) in [6, 6.07) is 10.2. The van der Waals surface area contributed by atoms with Gasteiger partial charge in [0.15, 0.2) is 0 Å². The van der Waals surface area contributed by atoms with E-state index in [1.165, 1.54) is 5.56 Å². The SMILES string of the molecule is CC[C@H](/C=C/C=O)c1ccccc1. The first-order chi connectivity index (χ1) is 6.38. The van der Waals surface area contributed by atoms with Gasteiger partial charge in [0, 0.05) is 5.92 Å². The Labute approximate surface area is 79.1 Å². The maximum Gasteiger partial charge on any atom is 0.142 e. The van der Waals surface area contributed by atoms with Gasteiger partial charge in [0.1, 0.15) is 6.29 Å². The maximum absolute atomic E-state index is 10.2. The van der Waals surface area contributed by atoms with Crippen molar-refractivity contribution in [1.29, 1.82) is 0 Å². The molecule has 0 heterocycles. The van der Waals surface area contributed by atoms with Gasteiger partial charge in [0.25, 0.3) is 0 Å². The summed E-state index contributed by atoms with van der Waals surface area (Å²) in [5.74, 6) is 0.367. The van der Waals surface area contributed by atoms with Crippen LogP contribution < -0.4 is 0 Å². The molecule has 13 heavy (non-hydrogen) atoms. The van der Waals surface area contributed by atoms with Crippen LogP contribution in [0.25, 0.3) is 0 Å². The van der Waals surface area contributed by atoms with Crippen LogP contribution in [0.3, 0.4) is 0 Å². The Kier molecular flexibility index (Phi) is 3.97. The van der Waals surface area contributed by atoms with Crippen molar-refractivity contribution in [3.8, 4) is 0 Å². The highest BCUT2D eigenvalue weighted by atomic mass is 16.1. The summed E-state index contributed by atoms with van der Waals surface area (Å²) in [6.07, 6.45) is 5.36. The van der Waals surface area contributed by atoms with Gasteiger partial charge in [-0.3, -0.25) is 4.79 Å². The minimum absolute atomic E-state index is 0.367. The molecule has 0 N–H and O–H groups in total. The van der Waals surface area contributed by atoms with Gasteiger partial charge in [0.2, 0.25) is 0 Å². The quantitative estimate of drug-likeness (QED) is 0.506. The van der Waals surface area contributed by atoms with E-state index >= 15 is 0 Å². The van der Waals surface area contributed by atoms with Crippen LogP contribution in [0.4, 0.5) is 0 Å². The van der Waals surface area contributed by atoms with E-state index in [0.717, 1.165) is 12.7 Å². The summed E-state index contributed by atoms with van der Waals surface area (Å²) in [4.78, 5) is 10.2. The van der Waals surface area contributed by atoms with Crippen LogP contribution in [0.2, 0.25) is 0 Å². The van der Waals surface area contributed by atoms with Crippen molar-refractivity contribution in [1.82, 2.24) is 0 Å². The molecule has 0 aromatic heterocycles. The Hall–Kier alpha value is -1.37. The van der Waals surface area contributed by atoms with E-state index in [0.29, 0.717) is 5.92 Å². The lowest BCUT2D eigenvalue weighted by Gasteiger charge is -2.08. The number of benzene rings is 1. The molecule has 0 radical (unpaired) electrons. The average Bonchev–Trinajstić information content (AvgIpc) is 2.21. The molecule has 1 atom stereocenters. The average molecular weight is 174 g/mol. The van der Waals surface area contributed by atoms with Crippen LogP contribution in [0, 0.1) is 0 Å². The third-order valence-corrected chi connectivity index (χ3v) is 2.09. The van der Waals surface area contributed by atoms with E-state index in [-0.39, 0.29) is 0 Å². The lowest BCUT2D eigenvalue weighted by atomic mass is 9.96. The second-order valence-corrected chi connectivity index (χ2v) is 2.95. The summed E-state index contributed by atoms with van der Waals surface area (Å²) < 4.78 is 0. The van der Waals surface area contributed by atoms with Gasteiger partial charge >= 0.3 is 0 Å². The van der Waals surface area contributed by atoms with Crippen molar-refractivity contribution in [3.05, 3.63) is 48.0 Å². The highest BCUT2D eigenvalue weighted by Crippen LogP contribution is 2.19. The fourth-order valence-electron chi connectivity index (χ4n) is 1.36. The van der Waals surface area contributed by atoms with Gasteiger partial charge in [-0.15, -0.1) is 0 Å². The molecule has 1 heteroatoms. The highest BCUT2D eigenvalue weighted by molar-refractivity contribution is 5.65. The molecule has 0 saturated heterocycles. The van der Waals surface area contributed by atoms with E-state index in [1.807, 2.05) is 24.3 Å². The molecule has 0 aliphatic carbocycles. The number of hydrogen-bond acceptors (Lipinski definition) is 1. The molecule has 1 nitrogen and oxygen atoms in total. The molecule has 1 aromatic carbocycles. The van der Waals surface area contributed by atoms with Crippen molar-refractivity contribution >= 4 is 6.29 Å². The largest absolute Gasteiger partial charge is 0.299 e. The van der Waals surface area contributed by atoms with Gasteiger partial charge in [-0.05, 0) is 18.1 Å². The zero-order chi connectivity index (χ0) is 9.52. The fraction of sp³-hybridized carbons (Fsp3) is 0.250. The summed E-state index contributed by atoms with van der Waals surface area (Å²) in [5.41, 5.74) is 1.27. The molecule has 0 bridgehead atoms. The minimum Gasteiger partial charge on any atom is -0.299 e. The second kappa shape index (κ2) is 5.31. The third-order valence-electron chi connectivity index (χ3n) is 2.09. The van der Waals surface area contributed by atoms with E-state index in [1.54, 1.807) is 6.08 Å². The first-order valence-corrected chi connectivity index (χ1v) is 4.55. The Balaban J connectivity index is 2.78. The van der Waals surface area contributed by atoms with Gasteiger partial charge in [-0.25, -0.2) is 0 Å². The summed E-state index contributed by atoms with van der Waals surface area (Å²) >= 11 is 0. The number of allylic oxidation sites excluding steroid dienone is 2. The van der Waals surface area contributed by atoms with E-state index < -0.39 is 0 Å². The van der Waals surface area contributed by atoms with Gasteiger partial charge in [-0.1, -0.05) is 43.3 Å². The zero-order valence-corrected chi connectivity index (χ0v) is 7.81. The van der Waals surface area contributed by atoms with E-state index in [2.05, 4.69) is 19.1 Å². The normalized spacial score (nSPS) is 13.0. The fourth-order valence-corrected chi connectivity index (χ4v) is 1.36. The molecule has 0 fully saturated rings.